The number of rotatable bonds is 22. The molecule has 0 saturated carbocycles. The molecular formula is C38H64N6O13. The number of imide groups is 1. The molecule has 19 heteroatoms. The summed E-state index contributed by atoms with van der Waals surface area (Å²) in [6, 6.07) is 9.16. The number of hydrogen-bond donors (Lipinski definition) is 7. The van der Waals surface area contributed by atoms with E-state index in [4.69, 9.17) is 30.2 Å². The van der Waals surface area contributed by atoms with E-state index in [0.29, 0.717) is 13.0 Å². The molecular weight excluding hydrogens is 748 g/mol. The van der Waals surface area contributed by atoms with Gasteiger partial charge in [0.2, 0.25) is 29.5 Å². The maximum atomic E-state index is 12.0. The van der Waals surface area contributed by atoms with Gasteiger partial charge in [-0.15, -0.1) is 0 Å². The van der Waals surface area contributed by atoms with Crippen LogP contribution in [-0.2, 0) is 52.6 Å². The third-order valence-electron chi connectivity index (χ3n) is 6.37. The van der Waals surface area contributed by atoms with Crippen molar-refractivity contribution >= 4 is 47.3 Å². The molecule has 0 radical (unpaired) electrons. The summed E-state index contributed by atoms with van der Waals surface area (Å²) in [6.07, 6.45) is 2.67. The summed E-state index contributed by atoms with van der Waals surface area (Å²) in [5, 5.41) is 25.5. The quantitative estimate of drug-likeness (QED) is 0.0454. The second-order valence-corrected chi connectivity index (χ2v) is 11.4. The molecule has 0 aliphatic carbocycles. The van der Waals surface area contributed by atoms with E-state index in [2.05, 4.69) is 21.3 Å². The molecule has 7 amide bonds. The maximum absolute atomic E-state index is 12.0. The van der Waals surface area contributed by atoms with Gasteiger partial charge in [-0.1, -0.05) is 44.2 Å². The lowest BCUT2D eigenvalue weighted by Gasteiger charge is -2.18. The Hall–Kier alpha value is -5.24. The highest BCUT2D eigenvalue weighted by Gasteiger charge is 2.23. The van der Waals surface area contributed by atoms with Crippen LogP contribution in [0.4, 0.5) is 0 Å². The highest BCUT2D eigenvalue weighted by molar-refractivity contribution is 6.13. The lowest BCUT2D eigenvalue weighted by atomic mass is 10.1. The molecule has 1 atom stereocenters. The Morgan fingerprint density at radius 3 is 1.79 bits per heavy atom. The van der Waals surface area contributed by atoms with Crippen molar-refractivity contribution in [1.29, 1.82) is 0 Å². The first-order chi connectivity index (χ1) is 27.2. The standard InChI is InChI=1S/C19H27N3O5.C13H19N3O6.C3H8O.C2H6.CH4O/c1-14(23)27-16(15-7-4-3-5-8-15)13-22-19(26)10-6-9-18(25)21-12-11-17(24)20-2;14-10(17)9-22-8-7-21-6-4-15-11(18)3-5-16-12(19)1-2-13(16)20;1-3(2)4;2*1-2/h3-5,7-8,16H,6,9-13H2,1-2H3,(H,20,24)(H,21,25)(H,22,26);1-2H,3-9H2,(H2,14,17)(H,15,18);3-4H,1-2H3;1-2H3;2H,1H3. The highest BCUT2D eigenvalue weighted by Crippen LogP contribution is 2.16. The Bertz CT molecular complexity index is 1320. The van der Waals surface area contributed by atoms with Gasteiger partial charge in [0, 0.05) is 84.7 Å². The Morgan fingerprint density at radius 1 is 0.754 bits per heavy atom. The molecule has 0 saturated heterocycles. The lowest BCUT2D eigenvalue weighted by molar-refractivity contribution is -0.147. The van der Waals surface area contributed by atoms with Crippen molar-refractivity contribution < 1.29 is 62.8 Å². The molecule has 1 aliphatic rings. The number of benzene rings is 1. The molecule has 57 heavy (non-hydrogen) atoms. The number of amides is 7. The lowest BCUT2D eigenvalue weighted by Crippen LogP contribution is -2.35. The second kappa shape index (κ2) is 37.7. The number of esters is 1. The van der Waals surface area contributed by atoms with Gasteiger partial charge in [0.05, 0.1) is 26.4 Å². The van der Waals surface area contributed by atoms with Crippen molar-refractivity contribution in [1.82, 2.24) is 26.2 Å². The van der Waals surface area contributed by atoms with E-state index in [0.717, 1.165) is 17.6 Å². The molecule has 1 heterocycles. The maximum Gasteiger partial charge on any atom is 0.303 e. The van der Waals surface area contributed by atoms with Gasteiger partial charge in [0.1, 0.15) is 12.7 Å². The van der Waals surface area contributed by atoms with Crippen LogP contribution in [0.15, 0.2) is 42.5 Å². The van der Waals surface area contributed by atoms with Crippen LogP contribution in [0.25, 0.3) is 0 Å². The molecule has 8 N–H and O–H groups in total. The number of hydrogen-bond acceptors (Lipinski definition) is 13. The smallest absolute Gasteiger partial charge is 0.303 e. The van der Waals surface area contributed by atoms with Crippen molar-refractivity contribution in [3.8, 4) is 0 Å². The highest BCUT2D eigenvalue weighted by atomic mass is 16.5. The third kappa shape index (κ3) is 35.0. The fraction of sp³-hybridized carbons (Fsp3) is 0.579. The zero-order valence-electron chi connectivity index (χ0n) is 34.3. The van der Waals surface area contributed by atoms with Crippen molar-refractivity contribution in [3.05, 3.63) is 48.0 Å². The van der Waals surface area contributed by atoms with E-state index < -0.39 is 29.8 Å². The minimum atomic E-state index is -0.555. The van der Waals surface area contributed by atoms with E-state index >= 15 is 0 Å². The van der Waals surface area contributed by atoms with Crippen LogP contribution in [0.2, 0.25) is 0 Å². The van der Waals surface area contributed by atoms with Gasteiger partial charge in [0.15, 0.2) is 0 Å². The van der Waals surface area contributed by atoms with Crippen LogP contribution in [0.1, 0.15) is 78.4 Å². The van der Waals surface area contributed by atoms with Crippen LogP contribution in [0.5, 0.6) is 0 Å². The first kappa shape index (κ1) is 56.1. The summed E-state index contributed by atoms with van der Waals surface area (Å²) >= 11 is 0. The second-order valence-electron chi connectivity index (χ2n) is 11.4. The number of aliphatic hydroxyl groups excluding tert-OH is 2. The van der Waals surface area contributed by atoms with Gasteiger partial charge in [0.25, 0.3) is 11.8 Å². The predicted molar refractivity (Wildman–Crippen MR) is 211 cm³/mol. The number of carbonyl (C=O) groups excluding carboxylic acids is 8. The van der Waals surface area contributed by atoms with Gasteiger partial charge >= 0.3 is 5.97 Å². The zero-order valence-corrected chi connectivity index (χ0v) is 34.3. The molecule has 2 rings (SSSR count). The monoisotopic (exact) mass is 812 g/mol. The molecule has 19 nitrogen and oxygen atoms in total. The van der Waals surface area contributed by atoms with Crippen molar-refractivity contribution in [2.45, 2.75) is 78.9 Å². The Kier molecular flexibility index (Phi) is 37.1. The zero-order chi connectivity index (χ0) is 44.0. The Morgan fingerprint density at radius 2 is 1.26 bits per heavy atom. The van der Waals surface area contributed by atoms with Crippen molar-refractivity contribution in [3.63, 3.8) is 0 Å². The molecule has 1 unspecified atom stereocenters. The number of ether oxygens (including phenoxy) is 3. The molecule has 0 spiro atoms. The van der Waals surface area contributed by atoms with Crippen LogP contribution in [0.3, 0.4) is 0 Å². The van der Waals surface area contributed by atoms with E-state index in [1.807, 2.05) is 44.2 Å². The van der Waals surface area contributed by atoms with Crippen LogP contribution < -0.4 is 27.0 Å². The average molecular weight is 813 g/mol. The largest absolute Gasteiger partial charge is 0.456 e. The molecule has 1 aromatic carbocycles. The number of nitrogens with one attached hydrogen (secondary N) is 4. The van der Waals surface area contributed by atoms with Crippen molar-refractivity contribution in [2.75, 3.05) is 66.8 Å². The number of carbonyl (C=O) groups is 8. The summed E-state index contributed by atoms with van der Waals surface area (Å²) in [7, 11) is 2.53. The van der Waals surface area contributed by atoms with Gasteiger partial charge in [-0.25, -0.2) is 0 Å². The number of nitrogens with two attached hydrogens (primary N) is 1. The van der Waals surface area contributed by atoms with Crippen molar-refractivity contribution in [2.24, 2.45) is 5.73 Å². The minimum absolute atomic E-state index is 0.0425. The summed E-state index contributed by atoms with van der Waals surface area (Å²) in [5.41, 5.74) is 5.67. The van der Waals surface area contributed by atoms with E-state index in [1.165, 1.54) is 26.1 Å². The molecule has 1 aliphatic heterocycles. The Labute approximate surface area is 335 Å². The molecule has 324 valence electrons. The number of primary amides is 1. The van der Waals surface area contributed by atoms with E-state index in [1.54, 1.807) is 13.8 Å². The molecule has 0 bridgehead atoms. The van der Waals surface area contributed by atoms with Crippen LogP contribution in [-0.4, -0.2) is 135 Å². The number of aliphatic hydroxyl groups is 2. The fourth-order valence-electron chi connectivity index (χ4n) is 3.94. The van der Waals surface area contributed by atoms with Gasteiger partial charge in [-0.2, -0.15) is 0 Å². The van der Waals surface area contributed by atoms with Crippen LogP contribution in [0, 0.1) is 0 Å². The topological polar surface area (TPSA) is 282 Å². The van der Waals surface area contributed by atoms with E-state index in [-0.39, 0.29) is 101 Å². The average Bonchev–Trinajstić information content (AvgIpc) is 3.50. The van der Waals surface area contributed by atoms with Gasteiger partial charge < -0.3 is 51.4 Å². The summed E-state index contributed by atoms with van der Waals surface area (Å²) in [6.45, 7) is 10.2. The SMILES string of the molecule is CC.CC(C)O.CNC(=O)CCNC(=O)CCCC(=O)NCC(OC(C)=O)c1ccccc1.CO.NC(=O)COCCOCCNC(=O)CCN1C(=O)C=CC1=O. The fourth-order valence-corrected chi connectivity index (χ4v) is 3.94. The predicted octanol–water partition coefficient (Wildman–Crippen LogP) is -0.212. The molecule has 0 aromatic heterocycles. The van der Waals surface area contributed by atoms with Crippen LogP contribution >= 0.6 is 0 Å². The molecule has 0 fully saturated rings. The summed E-state index contributed by atoms with van der Waals surface area (Å²) in [4.78, 5) is 91.3. The summed E-state index contributed by atoms with van der Waals surface area (Å²) in [5.74, 6) is -2.62. The van der Waals surface area contributed by atoms with Gasteiger partial charge in [-0.05, 0) is 25.8 Å². The summed E-state index contributed by atoms with van der Waals surface area (Å²) < 4.78 is 15.3. The van der Waals surface area contributed by atoms with E-state index in [9.17, 15) is 38.4 Å². The Balaban J connectivity index is -0.000000876. The third-order valence-corrected chi connectivity index (χ3v) is 6.37. The number of nitrogens with zero attached hydrogens (tertiary/aromatic N) is 1. The minimum Gasteiger partial charge on any atom is -0.456 e. The first-order valence-electron chi connectivity index (χ1n) is 18.5. The molecule has 1 aromatic rings. The normalized spacial score (nSPS) is 11.4. The van der Waals surface area contributed by atoms with Gasteiger partial charge in [-0.3, -0.25) is 43.3 Å². The first-order valence-corrected chi connectivity index (χ1v) is 18.5.